The van der Waals surface area contributed by atoms with Crippen LogP contribution in [0.4, 0.5) is 4.79 Å². The Labute approximate surface area is 148 Å². The van der Waals surface area contributed by atoms with E-state index in [1.165, 1.54) is 7.05 Å². The molecule has 2 rings (SSSR count). The van der Waals surface area contributed by atoms with Crippen molar-refractivity contribution in [3.8, 4) is 0 Å². The topological polar surface area (TPSA) is 162 Å². The lowest BCUT2D eigenvalue weighted by atomic mass is 10.1. The van der Waals surface area contributed by atoms with Crippen LogP contribution in [0.1, 0.15) is 39.1 Å². The molecule has 0 bridgehead atoms. The average molecular weight is 369 g/mol. The van der Waals surface area contributed by atoms with E-state index < -0.39 is 35.2 Å². The highest BCUT2D eigenvalue weighted by Crippen LogP contribution is 2.17. The largest absolute Gasteiger partial charge is 0.444 e. The van der Waals surface area contributed by atoms with E-state index in [2.05, 4.69) is 20.3 Å². The Kier molecular flexibility index (Phi) is 5.52. The molecule has 144 valence electrons. The van der Waals surface area contributed by atoms with Crippen LogP contribution in [-0.2, 0) is 11.8 Å². The van der Waals surface area contributed by atoms with Gasteiger partial charge in [-0.2, -0.15) is 0 Å². The Hall–Kier alpha value is -2.66. The number of fused-ring (bicyclic) bond motifs is 1. The molecule has 2 aromatic heterocycles. The summed E-state index contributed by atoms with van der Waals surface area (Å²) < 4.78 is 6.17. The molecule has 0 aromatic carbocycles. The minimum atomic E-state index is -1.43. The summed E-state index contributed by atoms with van der Waals surface area (Å²) in [5.41, 5.74) is -1.88. The second-order valence-corrected chi connectivity index (χ2v) is 6.87. The maximum Gasteiger partial charge on any atom is 0.407 e. The molecule has 5 N–H and O–H groups in total. The molecule has 11 nitrogen and oxygen atoms in total. The van der Waals surface area contributed by atoms with Gasteiger partial charge < -0.3 is 25.3 Å². The van der Waals surface area contributed by atoms with Gasteiger partial charge in [0.25, 0.3) is 5.56 Å². The molecular formula is C15H23N5O6. The number of ether oxygens (including phenoxy) is 1. The minimum absolute atomic E-state index is 0.0141. The third-order valence-corrected chi connectivity index (χ3v) is 3.53. The van der Waals surface area contributed by atoms with Crippen LogP contribution in [0.2, 0.25) is 0 Å². The lowest BCUT2D eigenvalue weighted by Crippen LogP contribution is -2.34. The minimum Gasteiger partial charge on any atom is -0.444 e. The van der Waals surface area contributed by atoms with Crippen LogP contribution in [0.5, 0.6) is 0 Å². The number of nitrogens with one attached hydrogen (secondary N) is 3. The summed E-state index contributed by atoms with van der Waals surface area (Å²) in [4.78, 5) is 43.6. The number of aliphatic hydroxyl groups excluding tert-OH is 2. The molecule has 0 fully saturated rings. The molecule has 2 aromatic rings. The van der Waals surface area contributed by atoms with Crippen molar-refractivity contribution in [1.29, 1.82) is 0 Å². The third kappa shape index (κ3) is 4.49. The maximum atomic E-state index is 11.8. The summed E-state index contributed by atoms with van der Waals surface area (Å²) in [5, 5.41) is 22.7. The highest BCUT2D eigenvalue weighted by Gasteiger charge is 2.24. The molecular weight excluding hydrogens is 346 g/mol. The SMILES string of the molecule is Cn1c(=O)[nH]c(=O)c2[nH]c(C(O)C(O)CCNC(=O)OC(C)(C)C)nc21. The van der Waals surface area contributed by atoms with Crippen LogP contribution in [0.3, 0.4) is 0 Å². The third-order valence-electron chi connectivity index (χ3n) is 3.53. The molecule has 2 unspecified atom stereocenters. The van der Waals surface area contributed by atoms with Gasteiger partial charge >= 0.3 is 11.8 Å². The van der Waals surface area contributed by atoms with Crippen molar-refractivity contribution in [1.82, 2.24) is 24.8 Å². The Bertz CT molecular complexity index is 906. The number of aromatic nitrogens is 4. The quantitative estimate of drug-likeness (QED) is 0.463. The Balaban J connectivity index is 2.03. The van der Waals surface area contributed by atoms with E-state index in [1.54, 1.807) is 20.8 Å². The first kappa shape index (κ1) is 19.7. The van der Waals surface area contributed by atoms with E-state index in [4.69, 9.17) is 4.74 Å². The van der Waals surface area contributed by atoms with Crippen molar-refractivity contribution in [3.63, 3.8) is 0 Å². The summed E-state index contributed by atoms with van der Waals surface area (Å²) in [6, 6.07) is 0. The number of aliphatic hydroxyl groups is 2. The normalized spacial score (nSPS) is 14.2. The number of nitrogens with zero attached hydrogens (tertiary/aromatic N) is 2. The van der Waals surface area contributed by atoms with Crippen molar-refractivity contribution in [2.75, 3.05) is 6.54 Å². The molecule has 0 radical (unpaired) electrons. The van der Waals surface area contributed by atoms with Gasteiger partial charge in [-0.3, -0.25) is 14.3 Å². The Morgan fingerprint density at radius 1 is 1.31 bits per heavy atom. The number of carbonyl (C=O) groups excluding carboxylic acids is 1. The summed E-state index contributed by atoms with van der Waals surface area (Å²) in [5.74, 6) is -0.0588. The number of amides is 1. The molecule has 0 saturated heterocycles. The molecule has 1 amide bonds. The molecule has 2 heterocycles. The maximum absolute atomic E-state index is 11.8. The molecule has 0 aliphatic heterocycles. The van der Waals surface area contributed by atoms with Gasteiger partial charge in [0.15, 0.2) is 5.65 Å². The van der Waals surface area contributed by atoms with E-state index in [9.17, 15) is 24.6 Å². The van der Waals surface area contributed by atoms with Crippen molar-refractivity contribution < 1.29 is 19.7 Å². The van der Waals surface area contributed by atoms with Crippen molar-refractivity contribution in [2.45, 2.75) is 45.0 Å². The van der Waals surface area contributed by atoms with Gasteiger partial charge in [0.05, 0.1) is 6.10 Å². The van der Waals surface area contributed by atoms with Crippen LogP contribution in [0.15, 0.2) is 9.59 Å². The van der Waals surface area contributed by atoms with E-state index >= 15 is 0 Å². The van der Waals surface area contributed by atoms with Crippen LogP contribution in [0, 0.1) is 0 Å². The van der Waals surface area contributed by atoms with Gasteiger partial charge in [0, 0.05) is 13.6 Å². The van der Waals surface area contributed by atoms with Crippen molar-refractivity contribution >= 4 is 17.3 Å². The van der Waals surface area contributed by atoms with Gasteiger partial charge in [-0.25, -0.2) is 14.6 Å². The lowest BCUT2D eigenvalue weighted by molar-refractivity contribution is 0.00797. The molecule has 2 atom stereocenters. The van der Waals surface area contributed by atoms with E-state index in [0.717, 1.165) is 4.57 Å². The number of rotatable bonds is 5. The van der Waals surface area contributed by atoms with Gasteiger partial charge in [-0.1, -0.05) is 0 Å². The number of aromatic amines is 2. The number of hydrogen-bond acceptors (Lipinski definition) is 7. The highest BCUT2D eigenvalue weighted by molar-refractivity contribution is 5.69. The zero-order valence-corrected chi connectivity index (χ0v) is 15.0. The summed E-state index contributed by atoms with van der Waals surface area (Å²) in [6.07, 6.45) is -3.31. The zero-order valence-electron chi connectivity index (χ0n) is 15.0. The Morgan fingerprint density at radius 2 is 1.96 bits per heavy atom. The molecule has 0 spiro atoms. The van der Waals surface area contributed by atoms with Gasteiger partial charge in [-0.05, 0) is 27.2 Å². The van der Waals surface area contributed by atoms with E-state index in [-0.39, 0.29) is 30.0 Å². The zero-order chi connectivity index (χ0) is 19.6. The van der Waals surface area contributed by atoms with Gasteiger partial charge in [-0.15, -0.1) is 0 Å². The summed E-state index contributed by atoms with van der Waals surface area (Å²) in [6.45, 7) is 5.23. The van der Waals surface area contributed by atoms with Gasteiger partial charge in [0.2, 0.25) is 0 Å². The fraction of sp³-hybridized carbons (Fsp3) is 0.600. The number of imidazole rings is 1. The van der Waals surface area contributed by atoms with E-state index in [0.29, 0.717) is 0 Å². The lowest BCUT2D eigenvalue weighted by Gasteiger charge is -2.20. The average Bonchev–Trinajstić information content (AvgIpc) is 2.96. The summed E-state index contributed by atoms with van der Waals surface area (Å²) in [7, 11) is 1.42. The molecule has 26 heavy (non-hydrogen) atoms. The van der Waals surface area contributed by atoms with Crippen molar-refractivity contribution in [3.05, 3.63) is 26.7 Å². The van der Waals surface area contributed by atoms with Crippen LogP contribution >= 0.6 is 0 Å². The van der Waals surface area contributed by atoms with Crippen LogP contribution < -0.4 is 16.6 Å². The number of aryl methyl sites for hydroxylation is 1. The monoisotopic (exact) mass is 369 g/mol. The molecule has 11 heteroatoms. The number of hydrogen-bond donors (Lipinski definition) is 5. The first-order valence-electron chi connectivity index (χ1n) is 8.01. The number of H-pyrrole nitrogens is 2. The van der Waals surface area contributed by atoms with E-state index in [1.807, 2.05) is 0 Å². The van der Waals surface area contributed by atoms with Gasteiger partial charge in [0.1, 0.15) is 23.0 Å². The molecule has 0 aliphatic rings. The second kappa shape index (κ2) is 7.30. The second-order valence-electron chi connectivity index (χ2n) is 6.87. The highest BCUT2D eigenvalue weighted by atomic mass is 16.6. The fourth-order valence-electron chi connectivity index (χ4n) is 2.24. The molecule has 0 aliphatic carbocycles. The van der Waals surface area contributed by atoms with Crippen molar-refractivity contribution in [2.24, 2.45) is 7.05 Å². The standard InChI is InChI=1S/C15H23N5O6/c1-15(2,3)26-14(25)16-6-5-7(21)9(22)10-17-8-11(18-10)20(4)13(24)19-12(8)23/h7,9,21-22H,5-6H2,1-4H3,(H,16,25)(H,17,18)(H,19,23,24). The van der Waals surface area contributed by atoms with Crippen LogP contribution in [0.25, 0.3) is 11.2 Å². The number of alkyl carbamates (subject to hydrolysis) is 1. The molecule has 0 saturated carbocycles. The first-order chi connectivity index (χ1) is 12.0. The van der Waals surface area contributed by atoms with Crippen LogP contribution in [-0.4, -0.2) is 54.1 Å². The number of carbonyl (C=O) groups is 1. The predicted octanol–water partition coefficient (Wildman–Crippen LogP) is -0.741. The summed E-state index contributed by atoms with van der Waals surface area (Å²) >= 11 is 0. The predicted molar refractivity (Wildman–Crippen MR) is 91.8 cm³/mol. The first-order valence-corrected chi connectivity index (χ1v) is 8.01. The fourth-order valence-corrected chi connectivity index (χ4v) is 2.24. The Morgan fingerprint density at radius 3 is 2.58 bits per heavy atom. The smallest absolute Gasteiger partial charge is 0.407 e.